The molecule has 3 rings (SSSR count). The molecule has 0 aromatic heterocycles. The predicted octanol–water partition coefficient (Wildman–Crippen LogP) is 5.93. The highest BCUT2D eigenvalue weighted by atomic mass is 35.5. The van der Waals surface area contributed by atoms with Gasteiger partial charge in [-0.3, -0.25) is 13.9 Å². The van der Waals surface area contributed by atoms with Gasteiger partial charge in [0.25, 0.3) is 10.0 Å². The first-order valence-electron chi connectivity index (χ1n) is 13.8. The highest BCUT2D eigenvalue weighted by Crippen LogP contribution is 2.33. The summed E-state index contributed by atoms with van der Waals surface area (Å²) in [5, 5.41) is 3.57. The molecular formula is C31H37Cl2N3O6S. The molecule has 1 N–H and O–H groups in total. The molecule has 0 saturated carbocycles. The number of nitrogens with zero attached hydrogens (tertiary/aromatic N) is 2. The smallest absolute Gasteiger partial charge is 0.264 e. The van der Waals surface area contributed by atoms with E-state index in [0.29, 0.717) is 27.8 Å². The van der Waals surface area contributed by atoms with E-state index in [9.17, 15) is 18.0 Å². The molecular weight excluding hydrogens is 613 g/mol. The summed E-state index contributed by atoms with van der Waals surface area (Å²) in [7, 11) is -1.42. The number of methoxy groups -OCH3 is 2. The number of benzene rings is 3. The van der Waals surface area contributed by atoms with Gasteiger partial charge in [-0.1, -0.05) is 55.2 Å². The maximum atomic E-state index is 14.3. The molecule has 43 heavy (non-hydrogen) atoms. The number of hydrogen-bond donors (Lipinski definition) is 1. The van der Waals surface area contributed by atoms with Gasteiger partial charge in [0.2, 0.25) is 11.8 Å². The number of sulfonamides is 1. The van der Waals surface area contributed by atoms with Crippen LogP contribution >= 0.6 is 23.2 Å². The predicted molar refractivity (Wildman–Crippen MR) is 170 cm³/mol. The normalized spacial score (nSPS) is 12.6. The molecule has 232 valence electrons. The van der Waals surface area contributed by atoms with Gasteiger partial charge >= 0.3 is 0 Å². The summed E-state index contributed by atoms with van der Waals surface area (Å²) in [6.07, 6.45) is 0.949. The zero-order chi connectivity index (χ0) is 31.7. The minimum Gasteiger partial charge on any atom is -0.497 e. The van der Waals surface area contributed by atoms with Crippen molar-refractivity contribution in [1.29, 1.82) is 0 Å². The fourth-order valence-electron chi connectivity index (χ4n) is 4.44. The van der Waals surface area contributed by atoms with Crippen molar-refractivity contribution < 1.29 is 27.5 Å². The summed E-state index contributed by atoms with van der Waals surface area (Å²) in [5.41, 5.74) is 0.595. The van der Waals surface area contributed by atoms with Crippen LogP contribution in [0.1, 0.15) is 39.2 Å². The van der Waals surface area contributed by atoms with Crippen LogP contribution in [0.25, 0.3) is 0 Å². The summed E-state index contributed by atoms with van der Waals surface area (Å²) in [6.45, 7) is 4.83. The topological polar surface area (TPSA) is 105 Å². The number of ether oxygens (including phenoxy) is 2. The number of para-hydroxylation sites is 2. The van der Waals surface area contributed by atoms with Gasteiger partial charge in [0, 0.05) is 28.2 Å². The minimum absolute atomic E-state index is 0.0609. The highest BCUT2D eigenvalue weighted by molar-refractivity contribution is 7.92. The summed E-state index contributed by atoms with van der Waals surface area (Å²) in [6, 6.07) is 16.2. The van der Waals surface area contributed by atoms with E-state index in [1.54, 1.807) is 49.4 Å². The Morgan fingerprint density at radius 3 is 2.07 bits per heavy atom. The molecule has 2 amide bonds. The van der Waals surface area contributed by atoms with Gasteiger partial charge in [0.05, 0.1) is 24.8 Å². The summed E-state index contributed by atoms with van der Waals surface area (Å²) >= 11 is 13.0. The van der Waals surface area contributed by atoms with E-state index < -0.39 is 28.5 Å². The molecule has 9 nitrogen and oxygen atoms in total. The number of nitrogens with one attached hydrogen (secondary N) is 1. The zero-order valence-corrected chi connectivity index (χ0v) is 27.2. The molecule has 3 aromatic carbocycles. The van der Waals surface area contributed by atoms with Crippen molar-refractivity contribution in [2.75, 3.05) is 25.1 Å². The summed E-state index contributed by atoms with van der Waals surface area (Å²) < 4.78 is 39.9. The van der Waals surface area contributed by atoms with E-state index in [1.165, 1.54) is 43.4 Å². The highest BCUT2D eigenvalue weighted by Gasteiger charge is 2.35. The zero-order valence-electron chi connectivity index (χ0n) is 24.8. The standard InChI is InChI=1S/C31H37Cl2N3O6S/c1-6-21(3)34-31(38)27(7-2)35(19-24-25(32)11-10-12-26(24)33)30(37)20-36(28-13-8-9-14-29(28)42-5)43(39,40)23-17-15-22(41-4)16-18-23/h8-18,21,27H,6-7,19-20H2,1-5H3,(H,34,38)/t21-,27-/m0/s1. The van der Waals surface area contributed by atoms with E-state index in [-0.39, 0.29) is 41.2 Å². The Labute approximate surface area is 263 Å². The lowest BCUT2D eigenvalue weighted by Crippen LogP contribution is -2.53. The van der Waals surface area contributed by atoms with Crippen molar-refractivity contribution in [2.45, 2.75) is 57.1 Å². The Morgan fingerprint density at radius 1 is 0.884 bits per heavy atom. The quantitative estimate of drug-likeness (QED) is 0.232. The number of halogens is 2. The van der Waals surface area contributed by atoms with Gasteiger partial charge in [0.1, 0.15) is 24.1 Å². The Balaban J connectivity index is 2.14. The van der Waals surface area contributed by atoms with Crippen LogP contribution in [0.2, 0.25) is 10.0 Å². The van der Waals surface area contributed by atoms with Gasteiger partial charge < -0.3 is 19.7 Å². The van der Waals surface area contributed by atoms with Crippen LogP contribution in [-0.2, 0) is 26.2 Å². The van der Waals surface area contributed by atoms with Crippen molar-refractivity contribution in [2.24, 2.45) is 0 Å². The van der Waals surface area contributed by atoms with Crippen LogP contribution in [0.5, 0.6) is 11.5 Å². The number of hydrogen-bond acceptors (Lipinski definition) is 6. The second-order valence-electron chi connectivity index (χ2n) is 9.82. The second kappa shape index (κ2) is 15.3. The van der Waals surface area contributed by atoms with E-state index in [2.05, 4.69) is 5.32 Å². The minimum atomic E-state index is -4.31. The molecule has 0 aliphatic carbocycles. The Kier molecular flexibility index (Phi) is 12.1. The third-order valence-corrected chi connectivity index (χ3v) is 9.54. The van der Waals surface area contributed by atoms with Crippen molar-refractivity contribution in [1.82, 2.24) is 10.2 Å². The molecule has 0 radical (unpaired) electrons. The lowest BCUT2D eigenvalue weighted by atomic mass is 10.1. The molecule has 0 fully saturated rings. The number of rotatable bonds is 14. The molecule has 0 aliphatic rings. The van der Waals surface area contributed by atoms with Crippen LogP contribution in [0.3, 0.4) is 0 Å². The number of carbonyl (C=O) groups is 2. The van der Waals surface area contributed by atoms with Crippen molar-refractivity contribution in [3.63, 3.8) is 0 Å². The fourth-order valence-corrected chi connectivity index (χ4v) is 6.38. The van der Waals surface area contributed by atoms with Crippen molar-refractivity contribution >= 4 is 50.7 Å². The average Bonchev–Trinajstić information content (AvgIpc) is 3.00. The second-order valence-corrected chi connectivity index (χ2v) is 12.5. The third-order valence-electron chi connectivity index (χ3n) is 7.06. The first-order chi connectivity index (χ1) is 20.5. The van der Waals surface area contributed by atoms with E-state index in [4.69, 9.17) is 32.7 Å². The first kappa shape index (κ1) is 34.0. The van der Waals surface area contributed by atoms with Gasteiger partial charge in [-0.2, -0.15) is 0 Å². The summed E-state index contributed by atoms with van der Waals surface area (Å²) in [4.78, 5) is 29.0. The van der Waals surface area contributed by atoms with Crippen molar-refractivity contribution in [3.05, 3.63) is 82.3 Å². The maximum absolute atomic E-state index is 14.3. The van der Waals surface area contributed by atoms with Crippen LogP contribution in [-0.4, -0.2) is 58.0 Å². The van der Waals surface area contributed by atoms with E-state index in [1.807, 2.05) is 13.8 Å². The molecule has 0 saturated heterocycles. The van der Waals surface area contributed by atoms with Crippen LogP contribution in [0.4, 0.5) is 5.69 Å². The molecule has 0 spiro atoms. The molecule has 2 atom stereocenters. The number of amides is 2. The Morgan fingerprint density at radius 2 is 1.51 bits per heavy atom. The summed E-state index contributed by atoms with van der Waals surface area (Å²) in [5.74, 6) is -0.283. The number of anilines is 1. The fraction of sp³-hybridized carbons (Fsp3) is 0.355. The Bertz CT molecular complexity index is 1500. The van der Waals surface area contributed by atoms with Crippen molar-refractivity contribution in [3.8, 4) is 11.5 Å². The lowest BCUT2D eigenvalue weighted by Gasteiger charge is -2.34. The SMILES string of the molecule is CC[C@H](C)NC(=O)[C@H](CC)N(Cc1c(Cl)cccc1Cl)C(=O)CN(c1ccccc1OC)S(=O)(=O)c1ccc(OC)cc1. The van der Waals surface area contributed by atoms with Gasteiger partial charge in [0.15, 0.2) is 0 Å². The van der Waals surface area contributed by atoms with Gasteiger partial charge in [-0.25, -0.2) is 8.42 Å². The van der Waals surface area contributed by atoms with Crippen LogP contribution < -0.4 is 19.1 Å². The Hall–Kier alpha value is -3.47. The van der Waals surface area contributed by atoms with E-state index >= 15 is 0 Å². The number of carbonyl (C=O) groups excluding carboxylic acids is 2. The van der Waals surface area contributed by atoms with Gasteiger partial charge in [-0.15, -0.1) is 0 Å². The molecule has 12 heteroatoms. The van der Waals surface area contributed by atoms with E-state index in [0.717, 1.165) is 4.31 Å². The monoisotopic (exact) mass is 649 g/mol. The first-order valence-corrected chi connectivity index (χ1v) is 16.0. The molecule has 0 heterocycles. The molecule has 0 unspecified atom stereocenters. The molecule has 0 bridgehead atoms. The maximum Gasteiger partial charge on any atom is 0.264 e. The molecule has 3 aromatic rings. The third kappa shape index (κ3) is 8.13. The van der Waals surface area contributed by atoms with Crippen LogP contribution in [0, 0.1) is 0 Å². The molecule has 0 aliphatic heterocycles. The lowest BCUT2D eigenvalue weighted by molar-refractivity contribution is -0.140. The average molecular weight is 651 g/mol. The van der Waals surface area contributed by atoms with Crippen LogP contribution in [0.15, 0.2) is 71.6 Å². The van der Waals surface area contributed by atoms with Gasteiger partial charge in [-0.05, 0) is 68.3 Å². The largest absolute Gasteiger partial charge is 0.497 e.